The summed E-state index contributed by atoms with van der Waals surface area (Å²) in [4.78, 5) is 9.12. The van der Waals surface area contributed by atoms with Gasteiger partial charge in [-0.3, -0.25) is 4.90 Å². The van der Waals surface area contributed by atoms with Crippen molar-refractivity contribution >= 4 is 5.69 Å². The average molecular weight is 346 g/mol. The minimum Gasteiger partial charge on any atom is -0.476 e. The number of aromatic nitrogens is 1. The summed E-state index contributed by atoms with van der Waals surface area (Å²) in [6.07, 6.45) is 6.47. The maximum atomic E-state index is 13.9. The summed E-state index contributed by atoms with van der Waals surface area (Å²) in [5.74, 6) is 0.671. The molecule has 6 heteroatoms. The number of halogens is 1. The molecule has 1 aromatic rings. The summed E-state index contributed by atoms with van der Waals surface area (Å²) in [5, 5.41) is 3.64. The summed E-state index contributed by atoms with van der Waals surface area (Å²) >= 11 is 0. The highest BCUT2D eigenvalue weighted by atomic mass is 19.1. The van der Waals surface area contributed by atoms with Gasteiger partial charge in [-0.2, -0.15) is 0 Å². The largest absolute Gasteiger partial charge is 0.476 e. The van der Waals surface area contributed by atoms with Gasteiger partial charge in [0, 0.05) is 56.1 Å². The standard InChI is InChI=1S/C19H27FN4O/c20-15-11-19(3-1-8-24(19)12-15)14-25-17-10-16(2-6-21-17)23-9-7-22-18(13-23)4-5-18/h2,6,10,15,22H,1,3-5,7-9,11-14H2/t15-,19+/m1/s1. The Morgan fingerprint density at radius 1 is 1.32 bits per heavy atom. The Labute approximate surface area is 148 Å². The van der Waals surface area contributed by atoms with Gasteiger partial charge in [-0.25, -0.2) is 9.37 Å². The summed E-state index contributed by atoms with van der Waals surface area (Å²) < 4.78 is 20.0. The quantitative estimate of drug-likeness (QED) is 0.903. The molecule has 2 atom stereocenters. The molecule has 1 spiro atoms. The molecule has 4 aliphatic rings. The number of alkyl halides is 1. The molecule has 3 aliphatic heterocycles. The third kappa shape index (κ3) is 2.89. The summed E-state index contributed by atoms with van der Waals surface area (Å²) in [6.45, 7) is 5.24. The van der Waals surface area contributed by atoms with E-state index in [1.54, 1.807) is 0 Å². The first-order valence-electron chi connectivity index (χ1n) is 9.65. The smallest absolute Gasteiger partial charge is 0.215 e. The van der Waals surface area contributed by atoms with Crippen LogP contribution in [0.1, 0.15) is 32.1 Å². The molecule has 0 aromatic carbocycles. The molecule has 1 aromatic heterocycles. The van der Waals surface area contributed by atoms with E-state index in [4.69, 9.17) is 4.74 Å². The Kier molecular flexibility index (Phi) is 3.68. The maximum absolute atomic E-state index is 13.9. The second kappa shape index (κ2) is 5.81. The Bertz CT molecular complexity index is 652. The molecule has 1 aliphatic carbocycles. The minimum absolute atomic E-state index is 0.107. The summed E-state index contributed by atoms with van der Waals surface area (Å²) in [6, 6.07) is 4.13. The highest BCUT2D eigenvalue weighted by Crippen LogP contribution is 2.41. The van der Waals surface area contributed by atoms with Gasteiger partial charge < -0.3 is 15.0 Å². The average Bonchev–Trinajstić information content (AvgIpc) is 3.11. The van der Waals surface area contributed by atoms with Gasteiger partial charge in [0.05, 0.1) is 5.54 Å². The monoisotopic (exact) mass is 346 g/mol. The van der Waals surface area contributed by atoms with E-state index >= 15 is 0 Å². The van der Waals surface area contributed by atoms with Crippen molar-refractivity contribution < 1.29 is 9.13 Å². The Hall–Kier alpha value is -1.40. The Morgan fingerprint density at radius 3 is 3.12 bits per heavy atom. The van der Waals surface area contributed by atoms with Crippen molar-refractivity contribution in [2.45, 2.75) is 49.4 Å². The molecule has 1 N–H and O–H groups in total. The van der Waals surface area contributed by atoms with E-state index in [0.29, 0.717) is 31.0 Å². The lowest BCUT2D eigenvalue weighted by Crippen LogP contribution is -2.52. The van der Waals surface area contributed by atoms with Crippen LogP contribution in [0.25, 0.3) is 0 Å². The van der Waals surface area contributed by atoms with Crippen LogP contribution in [0, 0.1) is 0 Å². The topological polar surface area (TPSA) is 40.6 Å². The van der Waals surface area contributed by atoms with Crippen LogP contribution in [0.5, 0.6) is 5.88 Å². The van der Waals surface area contributed by atoms with Crippen molar-refractivity contribution in [2.75, 3.05) is 44.2 Å². The normalized spacial score (nSPS) is 33.6. The van der Waals surface area contributed by atoms with Crippen molar-refractivity contribution in [2.24, 2.45) is 0 Å². The van der Waals surface area contributed by atoms with Crippen LogP contribution in [0.15, 0.2) is 18.3 Å². The fraction of sp³-hybridized carbons (Fsp3) is 0.737. The lowest BCUT2D eigenvalue weighted by Gasteiger charge is -2.36. The lowest BCUT2D eigenvalue weighted by atomic mass is 9.95. The van der Waals surface area contributed by atoms with Gasteiger partial charge in [-0.1, -0.05) is 0 Å². The molecule has 0 bridgehead atoms. The van der Waals surface area contributed by atoms with Crippen LogP contribution in [0.2, 0.25) is 0 Å². The van der Waals surface area contributed by atoms with Gasteiger partial charge >= 0.3 is 0 Å². The number of rotatable bonds is 4. The minimum atomic E-state index is -0.709. The number of hydrogen-bond acceptors (Lipinski definition) is 5. The van der Waals surface area contributed by atoms with Crippen molar-refractivity contribution in [3.63, 3.8) is 0 Å². The molecule has 5 nitrogen and oxygen atoms in total. The predicted molar refractivity (Wildman–Crippen MR) is 95.0 cm³/mol. The summed E-state index contributed by atoms with van der Waals surface area (Å²) in [5.41, 5.74) is 1.43. The van der Waals surface area contributed by atoms with Gasteiger partial charge in [0.1, 0.15) is 12.8 Å². The van der Waals surface area contributed by atoms with Gasteiger partial charge in [-0.15, -0.1) is 0 Å². The van der Waals surface area contributed by atoms with Crippen molar-refractivity contribution in [1.82, 2.24) is 15.2 Å². The zero-order valence-corrected chi connectivity index (χ0v) is 14.7. The van der Waals surface area contributed by atoms with Crippen LogP contribution in [0.3, 0.4) is 0 Å². The van der Waals surface area contributed by atoms with E-state index in [9.17, 15) is 4.39 Å². The molecule has 4 heterocycles. The van der Waals surface area contributed by atoms with E-state index in [2.05, 4.69) is 32.2 Å². The van der Waals surface area contributed by atoms with Crippen molar-refractivity contribution in [1.29, 1.82) is 0 Å². The molecule has 3 saturated heterocycles. The molecule has 0 radical (unpaired) electrons. The fourth-order valence-corrected chi connectivity index (χ4v) is 4.99. The molecule has 25 heavy (non-hydrogen) atoms. The highest BCUT2D eigenvalue weighted by molar-refractivity contribution is 5.49. The molecule has 0 unspecified atom stereocenters. The third-order valence-corrected chi connectivity index (χ3v) is 6.56. The first-order chi connectivity index (χ1) is 12.2. The third-order valence-electron chi connectivity index (χ3n) is 6.56. The zero-order valence-electron chi connectivity index (χ0n) is 14.7. The summed E-state index contributed by atoms with van der Waals surface area (Å²) in [7, 11) is 0. The van der Waals surface area contributed by atoms with E-state index < -0.39 is 6.17 Å². The Balaban J connectivity index is 1.27. The first kappa shape index (κ1) is 15.8. The van der Waals surface area contributed by atoms with Crippen molar-refractivity contribution in [3.05, 3.63) is 18.3 Å². The number of piperazine rings is 1. The molecular weight excluding hydrogens is 319 g/mol. The predicted octanol–water partition coefficient (Wildman–Crippen LogP) is 1.98. The van der Waals surface area contributed by atoms with Crippen molar-refractivity contribution in [3.8, 4) is 5.88 Å². The number of ether oxygens (including phenoxy) is 1. The number of nitrogens with one attached hydrogen (secondary N) is 1. The SMILES string of the molecule is F[C@H]1CN2CCC[C@@]2(COc2cc(N3CCNC4(CC4)C3)ccn2)C1. The van der Waals surface area contributed by atoms with Crippen LogP contribution in [-0.2, 0) is 0 Å². The van der Waals surface area contributed by atoms with Gasteiger partial charge in [0.25, 0.3) is 0 Å². The molecule has 136 valence electrons. The number of nitrogens with zero attached hydrogens (tertiary/aromatic N) is 3. The molecule has 5 rings (SSSR count). The highest BCUT2D eigenvalue weighted by Gasteiger charge is 2.49. The number of fused-ring (bicyclic) bond motifs is 1. The maximum Gasteiger partial charge on any atom is 0.215 e. The van der Waals surface area contributed by atoms with Gasteiger partial charge in [-0.05, 0) is 38.3 Å². The van der Waals surface area contributed by atoms with E-state index in [1.807, 2.05) is 6.20 Å². The second-order valence-corrected chi connectivity index (χ2v) is 8.34. The van der Waals surface area contributed by atoms with E-state index in [1.165, 1.54) is 18.5 Å². The van der Waals surface area contributed by atoms with Crippen LogP contribution in [-0.4, -0.2) is 66.5 Å². The Morgan fingerprint density at radius 2 is 2.24 bits per heavy atom. The molecule has 1 saturated carbocycles. The van der Waals surface area contributed by atoms with Crippen LogP contribution in [0.4, 0.5) is 10.1 Å². The molecule has 4 fully saturated rings. The fourth-order valence-electron chi connectivity index (χ4n) is 4.99. The number of pyridine rings is 1. The van der Waals surface area contributed by atoms with Gasteiger partial charge in [0.15, 0.2) is 0 Å². The number of anilines is 1. The number of hydrogen-bond donors (Lipinski definition) is 1. The van der Waals surface area contributed by atoms with E-state index in [-0.39, 0.29) is 5.54 Å². The molecular formula is C19H27FN4O. The van der Waals surface area contributed by atoms with E-state index in [0.717, 1.165) is 39.0 Å². The zero-order chi connectivity index (χ0) is 16.9. The van der Waals surface area contributed by atoms with Crippen LogP contribution >= 0.6 is 0 Å². The molecule has 0 amide bonds. The van der Waals surface area contributed by atoms with Crippen LogP contribution < -0.4 is 15.0 Å². The first-order valence-corrected chi connectivity index (χ1v) is 9.65. The van der Waals surface area contributed by atoms with Gasteiger partial charge in [0.2, 0.25) is 5.88 Å². The lowest BCUT2D eigenvalue weighted by molar-refractivity contribution is 0.110. The second-order valence-electron chi connectivity index (χ2n) is 8.34.